The molecular weight excluding hydrogens is 392 g/mol. The zero-order valence-corrected chi connectivity index (χ0v) is 22.3. The lowest BCUT2D eigenvalue weighted by molar-refractivity contribution is -0.0537. The molecule has 0 aromatic rings. The van der Waals surface area contributed by atoms with Gasteiger partial charge in [-0.2, -0.15) is 0 Å². The topological polar surface area (TPSA) is 40.5 Å². The van der Waals surface area contributed by atoms with Crippen LogP contribution in [0.1, 0.15) is 119 Å². The van der Waals surface area contributed by atoms with E-state index in [1.807, 2.05) is 0 Å². The van der Waals surface area contributed by atoms with E-state index in [4.69, 9.17) is 0 Å². The van der Waals surface area contributed by atoms with E-state index < -0.39 is 11.7 Å². The third-order valence-corrected chi connectivity index (χ3v) is 8.93. The fraction of sp³-hybridized carbons (Fsp3) is 0.800. The van der Waals surface area contributed by atoms with Gasteiger partial charge in [-0.25, -0.2) is 0 Å². The lowest BCUT2D eigenvalue weighted by Gasteiger charge is -2.58. The van der Waals surface area contributed by atoms with Crippen LogP contribution in [-0.4, -0.2) is 21.9 Å². The third kappa shape index (κ3) is 7.07. The van der Waals surface area contributed by atoms with E-state index in [9.17, 15) is 10.2 Å². The standard InChI is InChI=1S/C30H52O2/c1-22(12-9-13-23(2)16-19-27(31)29(6,7)32)14-10-15-25-24(3)17-18-26-28(4,5)20-11-21-30(25,26)8/h13-14,25-27,31-32H,3,9-12,15-21H2,1-2,4-8H3/b22-14+,23-13+/t25-,26-,27-,30+/m0/s1. The molecule has 0 heterocycles. The summed E-state index contributed by atoms with van der Waals surface area (Å²) < 4.78 is 0. The lowest BCUT2D eigenvalue weighted by Crippen LogP contribution is -2.49. The smallest absolute Gasteiger partial charge is 0.0849 e. The molecule has 0 radical (unpaired) electrons. The summed E-state index contributed by atoms with van der Waals surface area (Å²) in [6.07, 6.45) is 16.8. The Morgan fingerprint density at radius 3 is 2.38 bits per heavy atom. The maximum Gasteiger partial charge on any atom is 0.0849 e. The summed E-state index contributed by atoms with van der Waals surface area (Å²) in [6, 6.07) is 0. The fourth-order valence-electron chi connectivity index (χ4n) is 6.77. The minimum Gasteiger partial charge on any atom is -0.390 e. The third-order valence-electron chi connectivity index (χ3n) is 8.93. The zero-order chi connectivity index (χ0) is 24.2. The zero-order valence-electron chi connectivity index (χ0n) is 22.3. The van der Waals surface area contributed by atoms with Crippen LogP contribution >= 0.6 is 0 Å². The van der Waals surface area contributed by atoms with Crippen LogP contribution in [0.4, 0.5) is 0 Å². The summed E-state index contributed by atoms with van der Waals surface area (Å²) in [6.45, 7) is 19.9. The molecule has 0 aromatic heterocycles. The van der Waals surface area contributed by atoms with Crippen molar-refractivity contribution in [3.63, 3.8) is 0 Å². The Bertz CT molecular complexity index is 690. The van der Waals surface area contributed by atoms with Crippen LogP contribution in [0.3, 0.4) is 0 Å². The Morgan fingerprint density at radius 1 is 1.09 bits per heavy atom. The molecule has 2 aliphatic carbocycles. The van der Waals surface area contributed by atoms with Crippen LogP contribution in [0.25, 0.3) is 0 Å². The molecule has 2 rings (SSSR count). The highest BCUT2D eigenvalue weighted by molar-refractivity contribution is 5.16. The molecule has 32 heavy (non-hydrogen) atoms. The largest absolute Gasteiger partial charge is 0.390 e. The van der Waals surface area contributed by atoms with Gasteiger partial charge in [-0.15, -0.1) is 0 Å². The highest BCUT2D eigenvalue weighted by atomic mass is 16.3. The van der Waals surface area contributed by atoms with Gasteiger partial charge in [0.25, 0.3) is 0 Å². The maximum atomic E-state index is 10.00. The Hall–Kier alpha value is -0.860. The van der Waals surface area contributed by atoms with Gasteiger partial charge in [0.1, 0.15) is 0 Å². The van der Waals surface area contributed by atoms with Crippen molar-refractivity contribution in [3.05, 3.63) is 35.5 Å². The highest BCUT2D eigenvalue weighted by Crippen LogP contribution is 2.61. The van der Waals surface area contributed by atoms with Crippen LogP contribution in [0.2, 0.25) is 0 Å². The van der Waals surface area contributed by atoms with Gasteiger partial charge >= 0.3 is 0 Å². The summed E-state index contributed by atoms with van der Waals surface area (Å²) in [7, 11) is 0. The number of aliphatic hydroxyl groups excluding tert-OH is 1. The normalized spacial score (nSPS) is 30.2. The lowest BCUT2D eigenvalue weighted by atomic mass is 9.47. The second kappa shape index (κ2) is 11.0. The van der Waals surface area contributed by atoms with E-state index in [0.717, 1.165) is 25.2 Å². The van der Waals surface area contributed by atoms with Crippen molar-refractivity contribution < 1.29 is 10.2 Å². The van der Waals surface area contributed by atoms with E-state index in [2.05, 4.69) is 53.3 Å². The van der Waals surface area contributed by atoms with E-state index >= 15 is 0 Å². The maximum absolute atomic E-state index is 10.00. The van der Waals surface area contributed by atoms with Crippen molar-refractivity contribution in [2.45, 2.75) is 131 Å². The second-order valence-corrected chi connectivity index (χ2v) is 12.6. The van der Waals surface area contributed by atoms with Gasteiger partial charge in [0.15, 0.2) is 0 Å². The highest BCUT2D eigenvalue weighted by Gasteiger charge is 2.52. The van der Waals surface area contributed by atoms with Crippen LogP contribution in [0.5, 0.6) is 0 Å². The average molecular weight is 445 g/mol. The summed E-state index contributed by atoms with van der Waals surface area (Å²) in [4.78, 5) is 0. The van der Waals surface area contributed by atoms with Crippen LogP contribution < -0.4 is 0 Å². The summed E-state index contributed by atoms with van der Waals surface area (Å²) >= 11 is 0. The number of fused-ring (bicyclic) bond motifs is 1. The number of rotatable bonds is 10. The minimum absolute atomic E-state index is 0.437. The Labute approximate surface area is 199 Å². The van der Waals surface area contributed by atoms with Gasteiger partial charge in [-0.3, -0.25) is 0 Å². The van der Waals surface area contributed by atoms with E-state index in [1.165, 1.54) is 61.7 Å². The van der Waals surface area contributed by atoms with Gasteiger partial charge in [0.2, 0.25) is 0 Å². The van der Waals surface area contributed by atoms with Gasteiger partial charge in [-0.1, -0.05) is 62.6 Å². The van der Waals surface area contributed by atoms with E-state index in [1.54, 1.807) is 13.8 Å². The molecule has 2 saturated carbocycles. The molecule has 0 bridgehead atoms. The van der Waals surface area contributed by atoms with E-state index in [-0.39, 0.29) is 0 Å². The molecule has 0 aromatic carbocycles. The van der Waals surface area contributed by atoms with Gasteiger partial charge in [-0.05, 0) is 115 Å². The number of allylic oxidation sites excluding steroid dienone is 5. The molecular formula is C30H52O2. The first-order valence-corrected chi connectivity index (χ1v) is 13.2. The molecule has 0 aliphatic heterocycles. The molecule has 2 nitrogen and oxygen atoms in total. The predicted octanol–water partition coefficient (Wildman–Crippen LogP) is 8.15. The van der Waals surface area contributed by atoms with Crippen molar-refractivity contribution in [1.82, 2.24) is 0 Å². The first-order chi connectivity index (χ1) is 14.8. The number of hydrogen-bond donors (Lipinski definition) is 2. The molecule has 2 aliphatic rings. The first-order valence-electron chi connectivity index (χ1n) is 13.2. The second-order valence-electron chi connectivity index (χ2n) is 12.6. The monoisotopic (exact) mass is 444 g/mol. The molecule has 0 saturated heterocycles. The molecule has 0 unspecified atom stereocenters. The molecule has 2 heteroatoms. The van der Waals surface area contributed by atoms with Crippen molar-refractivity contribution >= 4 is 0 Å². The van der Waals surface area contributed by atoms with Gasteiger partial charge in [0.05, 0.1) is 11.7 Å². The summed E-state index contributed by atoms with van der Waals surface area (Å²) in [5.74, 6) is 1.52. The molecule has 0 amide bonds. The molecule has 2 N–H and O–H groups in total. The summed E-state index contributed by atoms with van der Waals surface area (Å²) in [5, 5.41) is 19.9. The number of hydrogen-bond acceptors (Lipinski definition) is 2. The Kier molecular flexibility index (Phi) is 9.45. The van der Waals surface area contributed by atoms with Crippen LogP contribution in [0.15, 0.2) is 35.5 Å². The van der Waals surface area contributed by atoms with Gasteiger partial charge in [0, 0.05) is 0 Å². The quantitative estimate of drug-likeness (QED) is 0.334. The summed E-state index contributed by atoms with van der Waals surface area (Å²) in [5.41, 5.74) is 4.20. The van der Waals surface area contributed by atoms with Crippen molar-refractivity contribution in [1.29, 1.82) is 0 Å². The van der Waals surface area contributed by atoms with Crippen molar-refractivity contribution in [2.75, 3.05) is 0 Å². The van der Waals surface area contributed by atoms with Crippen molar-refractivity contribution in [2.24, 2.45) is 22.7 Å². The average Bonchev–Trinajstić information content (AvgIpc) is 2.66. The van der Waals surface area contributed by atoms with E-state index in [0.29, 0.717) is 23.2 Å². The Balaban J connectivity index is 1.83. The predicted molar refractivity (Wildman–Crippen MR) is 139 cm³/mol. The van der Waals surface area contributed by atoms with Crippen LogP contribution in [0, 0.1) is 22.7 Å². The molecule has 0 spiro atoms. The Morgan fingerprint density at radius 2 is 1.72 bits per heavy atom. The fourth-order valence-corrected chi connectivity index (χ4v) is 6.77. The molecule has 2 fully saturated rings. The number of aliphatic hydroxyl groups is 2. The van der Waals surface area contributed by atoms with Crippen molar-refractivity contribution in [3.8, 4) is 0 Å². The minimum atomic E-state index is -1.02. The van der Waals surface area contributed by atoms with Gasteiger partial charge < -0.3 is 10.2 Å². The first kappa shape index (κ1) is 27.4. The van der Waals surface area contributed by atoms with Crippen LogP contribution in [-0.2, 0) is 0 Å². The molecule has 4 atom stereocenters. The molecule has 184 valence electrons. The SMILES string of the molecule is C=C1CC[C@H]2C(C)(C)CCC[C@]2(C)[C@H]1CC/C=C(\C)CC/C=C(\C)CC[C@H](O)C(C)(C)O.